The first-order chi connectivity index (χ1) is 37.4. The Morgan fingerprint density at radius 1 is 0.584 bits per heavy atom. The maximum atomic E-state index is 13.8. The van der Waals surface area contributed by atoms with Gasteiger partial charge in [0.15, 0.2) is 0 Å². The standard InChI is InChI=1S/C30H42FN5O3.C30H43N5O3/c1-2-6-27(37)30(23-7-4-3-5-8-23)14-17-36(18-15-30)28(38)26(19-22-9-11-24(31)12-10-22)35-29(39)33-16-13-25-20-32-21-34-25;1-2-9-27(36)30(24-12-7-4-8-13-24)15-18-35(19-16-30)28(37)26(20-23-10-5-3-6-11-23)34-29(38)32-17-14-25-21-31-22-33-25/h9-12,20-21,23,26H,2-8,13-19H2,1H3,(H,32,34)(H2,33,35,39);3,5-6,10-11,21-22,24,26H,2,4,7-9,12-20H2,1H3,(H,31,33)(H2,32,34,38)/t2*26-/m11/s1. The average molecular weight is 1060 g/mol. The van der Waals surface area contributed by atoms with Gasteiger partial charge in [-0.3, -0.25) is 19.2 Å². The van der Waals surface area contributed by atoms with Crippen molar-refractivity contribution in [3.05, 3.63) is 108 Å². The second-order valence-corrected chi connectivity index (χ2v) is 22.0. The van der Waals surface area contributed by atoms with Crippen molar-refractivity contribution in [2.75, 3.05) is 39.3 Å². The zero-order valence-electron chi connectivity index (χ0n) is 45.7. The highest BCUT2D eigenvalue weighted by atomic mass is 19.1. The molecule has 2 aromatic carbocycles. The van der Waals surface area contributed by atoms with Gasteiger partial charge in [-0.05, 0) is 99.3 Å². The van der Waals surface area contributed by atoms with E-state index in [9.17, 15) is 33.2 Å². The Kier molecular flexibility index (Phi) is 22.2. The quantitative estimate of drug-likeness (QED) is 0.0446. The fourth-order valence-corrected chi connectivity index (χ4v) is 12.8. The molecule has 16 nitrogen and oxygen atoms in total. The number of benzene rings is 2. The molecule has 17 heteroatoms. The number of aromatic amines is 2. The lowest BCUT2D eigenvalue weighted by molar-refractivity contribution is -0.144. The number of carbonyl (C=O) groups is 6. The molecule has 2 aromatic heterocycles. The fraction of sp³-hybridized carbons (Fsp3) is 0.600. The summed E-state index contributed by atoms with van der Waals surface area (Å²) in [6.45, 7) is 7.08. The van der Waals surface area contributed by atoms with Crippen LogP contribution >= 0.6 is 0 Å². The Morgan fingerprint density at radius 2 is 0.987 bits per heavy atom. The molecule has 77 heavy (non-hydrogen) atoms. The Hall–Kier alpha value is -6.39. The normalized spacial score (nSPS) is 18.4. The maximum absolute atomic E-state index is 13.8. The lowest BCUT2D eigenvalue weighted by Gasteiger charge is -2.47. The van der Waals surface area contributed by atoms with Crippen molar-refractivity contribution >= 4 is 35.4 Å². The Morgan fingerprint density at radius 3 is 1.36 bits per heavy atom. The van der Waals surface area contributed by atoms with Gasteiger partial charge in [-0.25, -0.2) is 23.9 Å². The van der Waals surface area contributed by atoms with E-state index in [1.165, 1.54) is 50.7 Å². The van der Waals surface area contributed by atoms with Crippen LogP contribution in [0.5, 0.6) is 0 Å². The lowest BCUT2D eigenvalue weighted by Crippen LogP contribution is -2.56. The monoisotopic (exact) mass is 1060 g/mol. The van der Waals surface area contributed by atoms with Crippen LogP contribution in [0, 0.1) is 28.5 Å². The van der Waals surface area contributed by atoms with Crippen LogP contribution in [0.25, 0.3) is 0 Å². The van der Waals surface area contributed by atoms with Gasteiger partial charge in [0.1, 0.15) is 29.5 Å². The summed E-state index contributed by atoms with van der Waals surface area (Å²) in [5.74, 6) is 1.01. The number of ketones is 2. The zero-order valence-corrected chi connectivity index (χ0v) is 45.7. The molecule has 4 aliphatic rings. The first kappa shape index (κ1) is 58.3. The molecule has 418 valence electrons. The highest BCUT2D eigenvalue weighted by Crippen LogP contribution is 2.49. The van der Waals surface area contributed by atoms with E-state index < -0.39 is 18.1 Å². The number of aromatic nitrogens is 4. The molecule has 0 radical (unpaired) electrons. The molecular weight excluding hydrogens is 976 g/mol. The van der Waals surface area contributed by atoms with Crippen molar-refractivity contribution in [1.82, 2.24) is 51.0 Å². The molecule has 8 rings (SSSR count). The van der Waals surface area contributed by atoms with Crippen molar-refractivity contribution in [2.24, 2.45) is 22.7 Å². The summed E-state index contributed by atoms with van der Waals surface area (Å²) in [6, 6.07) is 13.5. The molecule has 2 saturated heterocycles. The fourth-order valence-electron chi connectivity index (χ4n) is 12.8. The van der Waals surface area contributed by atoms with Crippen LogP contribution in [0.4, 0.5) is 14.0 Å². The minimum Gasteiger partial charge on any atom is -0.351 e. The van der Waals surface area contributed by atoms with E-state index in [2.05, 4.69) is 55.1 Å². The summed E-state index contributed by atoms with van der Waals surface area (Å²) < 4.78 is 13.5. The van der Waals surface area contributed by atoms with Crippen molar-refractivity contribution in [2.45, 2.75) is 167 Å². The Balaban J connectivity index is 0.000000224. The van der Waals surface area contributed by atoms with Crippen molar-refractivity contribution in [1.29, 1.82) is 0 Å². The molecule has 4 aromatic rings. The maximum Gasteiger partial charge on any atom is 0.315 e. The third-order valence-corrected chi connectivity index (χ3v) is 17.1. The summed E-state index contributed by atoms with van der Waals surface area (Å²) in [6.07, 6.45) is 26.1. The van der Waals surface area contributed by atoms with E-state index in [4.69, 9.17) is 0 Å². The van der Waals surface area contributed by atoms with Gasteiger partial charge in [-0.15, -0.1) is 0 Å². The van der Waals surface area contributed by atoms with E-state index in [0.29, 0.717) is 108 Å². The zero-order chi connectivity index (χ0) is 54.5. The number of urea groups is 2. The topological polar surface area (TPSA) is 214 Å². The van der Waals surface area contributed by atoms with Crippen molar-refractivity contribution in [3.63, 3.8) is 0 Å². The second kappa shape index (κ2) is 29.4. The SMILES string of the molecule is CCCC(=O)C1(C2CCCCC2)CCN(C(=O)[C@@H](Cc2ccc(F)cc2)NC(=O)NCCc2c[nH]cn2)CC1.CCCC(=O)C1(C2CCCCC2)CCN(C(=O)[C@@H](Cc2ccccc2)NC(=O)NCCc2c[nH]cn2)CC1. The number of rotatable bonds is 22. The summed E-state index contributed by atoms with van der Waals surface area (Å²) >= 11 is 0. The smallest absolute Gasteiger partial charge is 0.315 e. The molecule has 6 N–H and O–H groups in total. The van der Waals surface area contributed by atoms with Gasteiger partial charge in [-0.1, -0.05) is 94.8 Å². The molecule has 2 aliphatic heterocycles. The number of piperidine rings is 2. The van der Waals surface area contributed by atoms with Crippen LogP contribution in [-0.4, -0.2) is 117 Å². The van der Waals surface area contributed by atoms with E-state index in [0.717, 1.165) is 73.9 Å². The summed E-state index contributed by atoms with van der Waals surface area (Å²) in [7, 11) is 0. The summed E-state index contributed by atoms with van der Waals surface area (Å²) in [5, 5.41) is 11.5. The number of halogens is 1. The van der Waals surface area contributed by atoms with Gasteiger partial charge in [0, 0.05) is 101 Å². The van der Waals surface area contributed by atoms with E-state index in [-0.39, 0.29) is 40.9 Å². The number of H-pyrrole nitrogens is 2. The average Bonchev–Trinajstić information content (AvgIpc) is 4.23. The first-order valence-electron chi connectivity index (χ1n) is 28.9. The van der Waals surface area contributed by atoms with Crippen molar-refractivity contribution in [3.8, 4) is 0 Å². The number of nitrogens with one attached hydrogen (secondary N) is 6. The molecule has 4 heterocycles. The molecule has 2 atom stereocenters. The van der Waals surface area contributed by atoms with Gasteiger partial charge < -0.3 is 41.0 Å². The third-order valence-electron chi connectivity index (χ3n) is 17.1. The van der Waals surface area contributed by atoms with Gasteiger partial charge in [0.25, 0.3) is 0 Å². The summed E-state index contributed by atoms with van der Waals surface area (Å²) in [4.78, 5) is 97.7. The molecule has 2 aliphatic carbocycles. The van der Waals surface area contributed by atoms with Crippen LogP contribution < -0.4 is 21.3 Å². The molecule has 0 unspecified atom stereocenters. The number of hydrogen-bond acceptors (Lipinski definition) is 8. The van der Waals surface area contributed by atoms with E-state index in [1.54, 1.807) is 42.1 Å². The van der Waals surface area contributed by atoms with Gasteiger partial charge in [0.2, 0.25) is 11.8 Å². The highest BCUT2D eigenvalue weighted by Gasteiger charge is 2.49. The summed E-state index contributed by atoms with van der Waals surface area (Å²) in [5.41, 5.74) is 2.83. The largest absolute Gasteiger partial charge is 0.351 e. The lowest BCUT2D eigenvalue weighted by atomic mass is 9.61. The van der Waals surface area contributed by atoms with Crippen LogP contribution in [-0.2, 0) is 44.9 Å². The number of Topliss-reactive ketones (excluding diaryl/α,β-unsaturated/α-hetero) is 2. The first-order valence-corrected chi connectivity index (χ1v) is 28.9. The highest BCUT2D eigenvalue weighted by molar-refractivity contribution is 5.90. The molecule has 0 bridgehead atoms. The predicted molar refractivity (Wildman–Crippen MR) is 295 cm³/mol. The number of nitrogens with zero attached hydrogens (tertiary/aromatic N) is 4. The molecule has 4 fully saturated rings. The molecular formula is C60H85FN10O6. The number of imidazole rings is 2. The van der Waals surface area contributed by atoms with Crippen LogP contribution in [0.1, 0.15) is 152 Å². The molecule has 6 amide bonds. The van der Waals surface area contributed by atoms with Crippen molar-refractivity contribution < 1.29 is 33.2 Å². The second-order valence-electron chi connectivity index (χ2n) is 22.0. The number of hydrogen-bond donors (Lipinski definition) is 6. The Labute approximate surface area is 455 Å². The van der Waals surface area contributed by atoms with Crippen LogP contribution in [0.2, 0.25) is 0 Å². The number of amides is 6. The molecule has 0 spiro atoms. The minimum atomic E-state index is -0.797. The number of likely N-dealkylation sites (tertiary alicyclic amines) is 2. The Bertz CT molecular complexity index is 2440. The number of carbonyl (C=O) groups excluding carboxylic acids is 6. The van der Waals surface area contributed by atoms with Gasteiger partial charge >= 0.3 is 12.1 Å². The van der Waals surface area contributed by atoms with Crippen LogP contribution in [0.15, 0.2) is 79.6 Å². The molecule has 2 saturated carbocycles. The van der Waals surface area contributed by atoms with Crippen LogP contribution in [0.3, 0.4) is 0 Å². The van der Waals surface area contributed by atoms with E-state index in [1.807, 2.05) is 35.2 Å². The minimum absolute atomic E-state index is 0.0727. The van der Waals surface area contributed by atoms with Gasteiger partial charge in [0.05, 0.1) is 24.0 Å². The van der Waals surface area contributed by atoms with Gasteiger partial charge in [-0.2, -0.15) is 0 Å². The predicted octanol–water partition coefficient (Wildman–Crippen LogP) is 8.98. The van der Waals surface area contributed by atoms with E-state index >= 15 is 0 Å². The third kappa shape index (κ3) is 16.3.